The van der Waals surface area contributed by atoms with E-state index in [-0.39, 0.29) is 5.82 Å². The van der Waals surface area contributed by atoms with Crippen molar-refractivity contribution in [3.8, 4) is 0 Å². The molecule has 0 amide bonds. The molecule has 3 heteroatoms. The van der Waals surface area contributed by atoms with Crippen molar-refractivity contribution in [2.24, 2.45) is 11.8 Å². The number of benzene rings is 1. The second-order valence-corrected chi connectivity index (χ2v) is 5.83. The van der Waals surface area contributed by atoms with Gasteiger partial charge in [-0.3, -0.25) is 4.79 Å². The summed E-state index contributed by atoms with van der Waals surface area (Å²) in [5, 5.41) is 0. The van der Waals surface area contributed by atoms with Crippen LogP contribution in [0.2, 0.25) is 0 Å². The second-order valence-electron chi connectivity index (χ2n) is 5.83. The summed E-state index contributed by atoms with van der Waals surface area (Å²) < 4.78 is 14.0. The highest BCUT2D eigenvalue weighted by molar-refractivity contribution is 5.84. The van der Waals surface area contributed by atoms with Gasteiger partial charge in [0.25, 0.3) is 0 Å². The molecule has 1 aromatic rings. The zero-order chi connectivity index (χ0) is 13.2. The molecular formula is C16H20FNO. The number of fused-ring (bicyclic) bond motifs is 1. The number of para-hydroxylation sites is 1. The van der Waals surface area contributed by atoms with Crippen LogP contribution in [0.25, 0.3) is 0 Å². The minimum atomic E-state index is -0.265. The molecule has 1 heterocycles. The number of piperidine rings is 1. The maximum Gasteiger partial charge on any atom is 0.152 e. The highest BCUT2D eigenvalue weighted by Crippen LogP contribution is 2.38. The number of aldehydes is 1. The van der Waals surface area contributed by atoms with Crippen LogP contribution in [-0.2, 0) is 0 Å². The highest BCUT2D eigenvalue weighted by Gasteiger charge is 2.32. The summed E-state index contributed by atoms with van der Waals surface area (Å²) in [4.78, 5) is 13.2. The van der Waals surface area contributed by atoms with E-state index in [4.69, 9.17) is 0 Å². The molecule has 0 radical (unpaired) electrons. The van der Waals surface area contributed by atoms with Crippen LogP contribution in [0.15, 0.2) is 18.2 Å². The lowest BCUT2D eigenvalue weighted by Crippen LogP contribution is -2.42. The molecule has 2 nitrogen and oxygen atoms in total. The van der Waals surface area contributed by atoms with Gasteiger partial charge in [0.2, 0.25) is 0 Å². The number of nitrogens with zero attached hydrogens (tertiary/aromatic N) is 1. The molecule has 3 rings (SSSR count). The van der Waals surface area contributed by atoms with E-state index in [2.05, 4.69) is 4.90 Å². The third kappa shape index (κ3) is 2.38. The number of halogens is 1. The Morgan fingerprint density at radius 2 is 1.95 bits per heavy atom. The first-order valence-corrected chi connectivity index (χ1v) is 7.28. The van der Waals surface area contributed by atoms with E-state index in [9.17, 15) is 9.18 Å². The fourth-order valence-electron chi connectivity index (χ4n) is 3.76. The van der Waals surface area contributed by atoms with Crippen LogP contribution in [0, 0.1) is 17.7 Å². The Morgan fingerprint density at radius 1 is 1.16 bits per heavy atom. The van der Waals surface area contributed by atoms with Gasteiger partial charge in [-0.05, 0) is 36.8 Å². The fraction of sp³-hybridized carbons (Fsp3) is 0.562. The number of anilines is 1. The lowest BCUT2D eigenvalue weighted by atomic mass is 9.75. The minimum absolute atomic E-state index is 0.265. The molecule has 1 aromatic carbocycles. The van der Waals surface area contributed by atoms with Crippen LogP contribution in [0.4, 0.5) is 10.1 Å². The Kier molecular flexibility index (Phi) is 3.54. The van der Waals surface area contributed by atoms with E-state index in [1.807, 2.05) is 0 Å². The molecule has 0 N–H and O–H groups in total. The molecule has 1 aliphatic heterocycles. The molecule has 2 unspecified atom stereocenters. The maximum atomic E-state index is 14.0. The Morgan fingerprint density at radius 3 is 2.74 bits per heavy atom. The maximum absolute atomic E-state index is 14.0. The average Bonchev–Trinajstić information content (AvgIpc) is 2.46. The van der Waals surface area contributed by atoms with Crippen molar-refractivity contribution < 1.29 is 9.18 Å². The van der Waals surface area contributed by atoms with E-state index in [0.717, 1.165) is 31.7 Å². The largest absolute Gasteiger partial charge is 0.368 e. The number of rotatable bonds is 2. The zero-order valence-electron chi connectivity index (χ0n) is 11.1. The summed E-state index contributed by atoms with van der Waals surface area (Å²) in [6, 6.07) is 4.77. The molecule has 19 heavy (non-hydrogen) atoms. The van der Waals surface area contributed by atoms with Gasteiger partial charge in [0.05, 0.1) is 5.69 Å². The number of carbonyl (C=O) groups excluding carboxylic acids is 1. The Labute approximate surface area is 113 Å². The van der Waals surface area contributed by atoms with Crippen molar-refractivity contribution in [3.63, 3.8) is 0 Å². The Hall–Kier alpha value is -1.38. The molecule has 0 spiro atoms. The predicted molar refractivity (Wildman–Crippen MR) is 74.1 cm³/mol. The molecule has 1 saturated heterocycles. The highest BCUT2D eigenvalue weighted by atomic mass is 19.1. The van der Waals surface area contributed by atoms with Crippen LogP contribution in [0.3, 0.4) is 0 Å². The molecular weight excluding hydrogens is 241 g/mol. The van der Waals surface area contributed by atoms with E-state index < -0.39 is 0 Å². The third-order valence-electron chi connectivity index (χ3n) is 4.75. The first-order chi connectivity index (χ1) is 9.29. The topological polar surface area (TPSA) is 20.3 Å². The lowest BCUT2D eigenvalue weighted by molar-refractivity contribution is 0.112. The van der Waals surface area contributed by atoms with E-state index in [1.54, 1.807) is 12.1 Å². The molecule has 2 atom stereocenters. The van der Waals surface area contributed by atoms with E-state index in [0.29, 0.717) is 17.2 Å². The van der Waals surface area contributed by atoms with Crippen molar-refractivity contribution in [1.29, 1.82) is 0 Å². The number of carbonyl (C=O) groups is 1. The lowest BCUT2D eigenvalue weighted by Gasteiger charge is -2.42. The van der Waals surface area contributed by atoms with Gasteiger partial charge in [0.15, 0.2) is 6.29 Å². The summed E-state index contributed by atoms with van der Waals surface area (Å²) in [5.74, 6) is 1.23. The van der Waals surface area contributed by atoms with Gasteiger partial charge < -0.3 is 4.90 Å². The normalized spacial score (nSPS) is 26.9. The van der Waals surface area contributed by atoms with Crippen LogP contribution >= 0.6 is 0 Å². The first-order valence-electron chi connectivity index (χ1n) is 7.28. The van der Waals surface area contributed by atoms with Crippen LogP contribution < -0.4 is 4.90 Å². The van der Waals surface area contributed by atoms with E-state index in [1.165, 1.54) is 31.7 Å². The summed E-state index contributed by atoms with van der Waals surface area (Å²) in [7, 11) is 0. The molecule has 0 aromatic heterocycles. The van der Waals surface area contributed by atoms with Crippen molar-refractivity contribution in [1.82, 2.24) is 0 Å². The minimum Gasteiger partial charge on any atom is -0.368 e. The third-order valence-corrected chi connectivity index (χ3v) is 4.75. The molecule has 102 valence electrons. The number of hydrogen-bond acceptors (Lipinski definition) is 2. The van der Waals surface area contributed by atoms with Gasteiger partial charge in [0.1, 0.15) is 5.82 Å². The molecule has 2 aliphatic rings. The summed E-state index contributed by atoms with van der Waals surface area (Å²) in [5.41, 5.74) is 0.996. The standard InChI is InChI=1S/C16H20FNO/c17-15-7-3-6-14(11-19)16(15)18-9-8-12-4-1-2-5-13(12)10-18/h3,6-7,11-13H,1-2,4-5,8-10H2. The molecule has 0 bridgehead atoms. The van der Waals surface area contributed by atoms with Crippen molar-refractivity contribution in [2.45, 2.75) is 32.1 Å². The van der Waals surface area contributed by atoms with Crippen LogP contribution in [0.5, 0.6) is 0 Å². The Bertz CT molecular complexity index is 474. The average molecular weight is 261 g/mol. The van der Waals surface area contributed by atoms with E-state index >= 15 is 0 Å². The molecule has 1 aliphatic carbocycles. The van der Waals surface area contributed by atoms with Gasteiger partial charge >= 0.3 is 0 Å². The first kappa shape index (κ1) is 12.6. The van der Waals surface area contributed by atoms with Gasteiger partial charge in [-0.1, -0.05) is 25.3 Å². The summed E-state index contributed by atoms with van der Waals surface area (Å²) >= 11 is 0. The molecule has 1 saturated carbocycles. The SMILES string of the molecule is O=Cc1cccc(F)c1N1CCC2CCCCC2C1. The fourth-order valence-corrected chi connectivity index (χ4v) is 3.76. The van der Waals surface area contributed by atoms with Crippen molar-refractivity contribution in [2.75, 3.05) is 18.0 Å². The summed E-state index contributed by atoms with van der Waals surface area (Å²) in [6.07, 6.45) is 7.14. The van der Waals surface area contributed by atoms with Crippen molar-refractivity contribution >= 4 is 12.0 Å². The predicted octanol–water partition coefficient (Wildman–Crippen LogP) is 3.65. The quantitative estimate of drug-likeness (QED) is 0.757. The van der Waals surface area contributed by atoms with Crippen LogP contribution in [0.1, 0.15) is 42.5 Å². The Balaban J connectivity index is 1.85. The van der Waals surface area contributed by atoms with Gasteiger partial charge in [0, 0.05) is 18.7 Å². The zero-order valence-corrected chi connectivity index (χ0v) is 11.1. The van der Waals surface area contributed by atoms with Crippen LogP contribution in [-0.4, -0.2) is 19.4 Å². The van der Waals surface area contributed by atoms with Crippen molar-refractivity contribution in [3.05, 3.63) is 29.6 Å². The van der Waals surface area contributed by atoms with Gasteiger partial charge in [-0.2, -0.15) is 0 Å². The monoisotopic (exact) mass is 261 g/mol. The van der Waals surface area contributed by atoms with Gasteiger partial charge in [-0.15, -0.1) is 0 Å². The smallest absolute Gasteiger partial charge is 0.152 e. The number of hydrogen-bond donors (Lipinski definition) is 0. The summed E-state index contributed by atoms with van der Waals surface area (Å²) in [6.45, 7) is 1.79. The second kappa shape index (κ2) is 5.32. The van der Waals surface area contributed by atoms with Gasteiger partial charge in [-0.25, -0.2) is 4.39 Å². The molecule has 2 fully saturated rings.